The highest BCUT2D eigenvalue weighted by Gasteiger charge is 2.48. The number of carbonyl (C=O) groups excluding carboxylic acids is 4. The Morgan fingerprint density at radius 3 is 2.33 bits per heavy atom. The van der Waals surface area contributed by atoms with Crippen molar-refractivity contribution in [2.75, 3.05) is 44.1 Å². The molecule has 2 N–H and O–H groups in total. The number of ether oxygens (including phenoxy) is 2. The van der Waals surface area contributed by atoms with E-state index in [1.54, 1.807) is 66.2 Å². The van der Waals surface area contributed by atoms with E-state index in [4.69, 9.17) is 9.47 Å². The molecule has 0 atom stereocenters. The second kappa shape index (κ2) is 12.7. The number of aromatic nitrogens is 1. The lowest BCUT2D eigenvalue weighted by atomic mass is 9.87. The van der Waals surface area contributed by atoms with Crippen LogP contribution in [0.25, 0.3) is 10.9 Å². The maximum atomic E-state index is 14.4. The van der Waals surface area contributed by atoms with Gasteiger partial charge in [-0.2, -0.15) is 11.8 Å². The van der Waals surface area contributed by atoms with Crippen LogP contribution in [0.2, 0.25) is 0 Å². The summed E-state index contributed by atoms with van der Waals surface area (Å²) in [5.74, 6) is 0.487. The highest BCUT2D eigenvalue weighted by Crippen LogP contribution is 2.37. The summed E-state index contributed by atoms with van der Waals surface area (Å²) in [6, 6.07) is 19.6. The first-order chi connectivity index (χ1) is 21.9. The van der Waals surface area contributed by atoms with Crippen molar-refractivity contribution < 1.29 is 28.7 Å². The highest BCUT2D eigenvalue weighted by molar-refractivity contribution is 7.99. The van der Waals surface area contributed by atoms with Gasteiger partial charge in [-0.25, -0.2) is 0 Å². The van der Waals surface area contributed by atoms with Crippen molar-refractivity contribution in [3.8, 4) is 11.5 Å². The summed E-state index contributed by atoms with van der Waals surface area (Å²) in [5, 5.41) is 4.06. The molecule has 1 saturated heterocycles. The van der Waals surface area contributed by atoms with Crippen LogP contribution >= 0.6 is 11.8 Å². The SMILES string of the molecule is COc1ccc(NC(=O)C2(N(CCc3c[nH]c4ccccc34)C(=O)CN3C(=O)c4ccccc4C3=O)CCSCC2)c(OC)c1. The van der Waals surface area contributed by atoms with Gasteiger partial charge in [0.2, 0.25) is 5.91 Å². The van der Waals surface area contributed by atoms with Crippen molar-refractivity contribution in [1.82, 2.24) is 14.8 Å². The van der Waals surface area contributed by atoms with Crippen molar-refractivity contribution in [1.29, 1.82) is 0 Å². The minimum Gasteiger partial charge on any atom is -0.497 e. The number of benzene rings is 3. The Balaban J connectivity index is 1.35. The molecule has 0 aliphatic carbocycles. The summed E-state index contributed by atoms with van der Waals surface area (Å²) in [6.45, 7) is -0.254. The quantitative estimate of drug-likeness (QED) is 0.244. The zero-order chi connectivity index (χ0) is 31.6. The number of hydrogen-bond donors (Lipinski definition) is 2. The van der Waals surface area contributed by atoms with E-state index in [0.29, 0.717) is 48.0 Å². The number of rotatable bonds is 10. The minimum atomic E-state index is -1.22. The number of imide groups is 1. The molecular weight excluding hydrogens is 592 g/mol. The Morgan fingerprint density at radius 2 is 1.64 bits per heavy atom. The molecule has 2 aliphatic rings. The second-order valence-corrected chi connectivity index (χ2v) is 12.3. The maximum absolute atomic E-state index is 14.4. The largest absolute Gasteiger partial charge is 0.497 e. The Kier molecular flexibility index (Phi) is 8.53. The molecule has 232 valence electrons. The van der Waals surface area contributed by atoms with Gasteiger partial charge in [0, 0.05) is 29.7 Å². The number of amides is 4. The number of thioether (sulfide) groups is 1. The summed E-state index contributed by atoms with van der Waals surface area (Å²) in [5.41, 5.74) is 1.75. The topological polar surface area (TPSA) is 121 Å². The highest BCUT2D eigenvalue weighted by atomic mass is 32.2. The van der Waals surface area contributed by atoms with Gasteiger partial charge in [0.1, 0.15) is 23.6 Å². The van der Waals surface area contributed by atoms with Crippen LogP contribution in [-0.4, -0.2) is 82.8 Å². The Morgan fingerprint density at radius 1 is 0.956 bits per heavy atom. The molecule has 0 radical (unpaired) electrons. The average Bonchev–Trinajstić information content (AvgIpc) is 3.59. The lowest BCUT2D eigenvalue weighted by molar-refractivity contribution is -0.146. The summed E-state index contributed by atoms with van der Waals surface area (Å²) >= 11 is 1.72. The number of aromatic amines is 1. The van der Waals surface area contributed by atoms with Crippen molar-refractivity contribution >= 4 is 52.0 Å². The summed E-state index contributed by atoms with van der Waals surface area (Å²) in [7, 11) is 3.06. The van der Waals surface area contributed by atoms with Gasteiger partial charge in [-0.3, -0.25) is 24.1 Å². The fraction of sp³-hybridized carbons (Fsp3) is 0.294. The van der Waals surface area contributed by atoms with Crippen molar-refractivity contribution in [2.24, 2.45) is 0 Å². The van der Waals surface area contributed by atoms with Gasteiger partial charge >= 0.3 is 0 Å². The molecule has 3 aromatic carbocycles. The van der Waals surface area contributed by atoms with Gasteiger partial charge in [-0.05, 0) is 66.7 Å². The molecule has 45 heavy (non-hydrogen) atoms. The first kappa shape index (κ1) is 30.3. The number of para-hydroxylation sites is 1. The predicted molar refractivity (Wildman–Crippen MR) is 173 cm³/mol. The van der Waals surface area contributed by atoms with E-state index < -0.39 is 29.8 Å². The average molecular weight is 627 g/mol. The molecule has 6 rings (SSSR count). The third-order valence-corrected chi connectivity index (χ3v) is 9.65. The van der Waals surface area contributed by atoms with Crippen LogP contribution in [-0.2, 0) is 16.0 Å². The van der Waals surface area contributed by atoms with Gasteiger partial charge in [0.05, 0.1) is 31.0 Å². The molecule has 0 saturated carbocycles. The van der Waals surface area contributed by atoms with Gasteiger partial charge in [0.25, 0.3) is 17.7 Å². The Labute approximate surface area is 265 Å². The van der Waals surface area contributed by atoms with Gasteiger partial charge in [-0.15, -0.1) is 0 Å². The normalized spacial score (nSPS) is 15.6. The van der Waals surface area contributed by atoms with E-state index in [2.05, 4.69) is 10.3 Å². The van der Waals surface area contributed by atoms with Crippen LogP contribution < -0.4 is 14.8 Å². The minimum absolute atomic E-state index is 0.210. The lowest BCUT2D eigenvalue weighted by Crippen LogP contribution is -2.62. The molecule has 2 aliphatic heterocycles. The summed E-state index contributed by atoms with van der Waals surface area (Å²) in [6.07, 6.45) is 3.20. The van der Waals surface area contributed by atoms with E-state index in [1.807, 2.05) is 30.5 Å². The number of anilines is 1. The number of fused-ring (bicyclic) bond motifs is 2. The summed E-state index contributed by atoms with van der Waals surface area (Å²) in [4.78, 5) is 61.1. The van der Waals surface area contributed by atoms with E-state index in [1.165, 1.54) is 7.11 Å². The second-order valence-electron chi connectivity index (χ2n) is 11.1. The molecule has 0 unspecified atom stereocenters. The first-order valence-corrected chi connectivity index (χ1v) is 15.9. The molecular formula is C34H34N4O6S. The zero-order valence-corrected chi connectivity index (χ0v) is 25.9. The molecule has 11 heteroatoms. The molecule has 4 aromatic rings. The summed E-state index contributed by atoms with van der Waals surface area (Å²) < 4.78 is 10.8. The molecule has 1 aromatic heterocycles. The van der Waals surface area contributed by atoms with E-state index >= 15 is 0 Å². The Hall–Kier alpha value is -4.77. The molecule has 4 amide bonds. The fourth-order valence-corrected chi connectivity index (χ4v) is 7.39. The van der Waals surface area contributed by atoms with Gasteiger partial charge in [-0.1, -0.05) is 30.3 Å². The van der Waals surface area contributed by atoms with Crippen LogP contribution in [0.15, 0.2) is 72.9 Å². The fourth-order valence-electron chi connectivity index (χ4n) is 6.22. The van der Waals surface area contributed by atoms with E-state index in [9.17, 15) is 19.2 Å². The molecule has 1 fully saturated rings. The van der Waals surface area contributed by atoms with Crippen molar-refractivity contribution in [3.05, 3.63) is 89.6 Å². The Bertz CT molecular complexity index is 1740. The van der Waals surface area contributed by atoms with Crippen molar-refractivity contribution in [2.45, 2.75) is 24.8 Å². The number of nitrogens with one attached hydrogen (secondary N) is 2. The van der Waals surface area contributed by atoms with Crippen LogP contribution in [0.1, 0.15) is 39.1 Å². The number of nitrogens with zero attached hydrogens (tertiary/aromatic N) is 2. The van der Waals surface area contributed by atoms with E-state index in [0.717, 1.165) is 21.4 Å². The zero-order valence-electron chi connectivity index (χ0n) is 25.1. The third kappa shape index (κ3) is 5.64. The monoisotopic (exact) mass is 626 g/mol. The molecule has 10 nitrogen and oxygen atoms in total. The third-order valence-electron chi connectivity index (χ3n) is 8.67. The van der Waals surface area contributed by atoms with E-state index in [-0.39, 0.29) is 23.6 Å². The standard InChI is InChI=1S/C34H34N4O6S/c1-43-23-11-12-28(29(19-23)44-2)36-33(42)34(14-17-45-18-15-34)38(16-13-22-20-35-27-10-6-5-7-24(22)27)30(39)21-37-31(40)25-8-3-4-9-26(25)32(37)41/h3-12,19-20,35H,13-18,21H2,1-2H3,(H,36,42). The van der Waals surface area contributed by atoms with Gasteiger partial charge < -0.3 is 24.7 Å². The number of hydrogen-bond acceptors (Lipinski definition) is 7. The number of methoxy groups -OCH3 is 2. The van der Waals surface area contributed by atoms with Gasteiger partial charge in [0.15, 0.2) is 0 Å². The van der Waals surface area contributed by atoms with Crippen molar-refractivity contribution in [3.63, 3.8) is 0 Å². The smallest absolute Gasteiger partial charge is 0.262 e. The lowest BCUT2D eigenvalue weighted by Gasteiger charge is -2.45. The molecule has 0 bridgehead atoms. The predicted octanol–water partition coefficient (Wildman–Crippen LogP) is 4.76. The number of H-pyrrole nitrogens is 1. The maximum Gasteiger partial charge on any atom is 0.262 e. The first-order valence-electron chi connectivity index (χ1n) is 14.8. The molecule has 0 spiro atoms. The van der Waals surface area contributed by atoms with Crippen LogP contribution in [0.3, 0.4) is 0 Å². The van der Waals surface area contributed by atoms with Crippen LogP contribution in [0.4, 0.5) is 5.69 Å². The van der Waals surface area contributed by atoms with Crippen LogP contribution in [0.5, 0.6) is 11.5 Å². The number of carbonyl (C=O) groups is 4. The molecule has 3 heterocycles. The van der Waals surface area contributed by atoms with Crippen LogP contribution in [0, 0.1) is 0 Å².